The second-order valence-corrected chi connectivity index (χ2v) is 7.64. The lowest BCUT2D eigenvalue weighted by molar-refractivity contribution is -0.130. The number of hydrogen-bond acceptors (Lipinski definition) is 4. The van der Waals surface area contributed by atoms with Crippen molar-refractivity contribution >= 4 is 28.4 Å². The summed E-state index contributed by atoms with van der Waals surface area (Å²) in [5.41, 5.74) is 1.31. The van der Waals surface area contributed by atoms with E-state index in [0.29, 0.717) is 28.3 Å². The fourth-order valence-corrected chi connectivity index (χ4v) is 4.70. The highest BCUT2D eigenvalue weighted by atomic mass is 35.5. The molecule has 3 aromatic rings. The topological polar surface area (TPSA) is 56.5 Å². The van der Waals surface area contributed by atoms with Crippen molar-refractivity contribution in [1.29, 1.82) is 0 Å². The van der Waals surface area contributed by atoms with Crippen LogP contribution < -0.4 is 10.4 Å². The van der Waals surface area contributed by atoms with Crippen LogP contribution in [0.25, 0.3) is 11.0 Å². The van der Waals surface area contributed by atoms with Gasteiger partial charge in [-0.3, -0.25) is 4.79 Å². The van der Waals surface area contributed by atoms with Crippen molar-refractivity contribution in [3.63, 3.8) is 0 Å². The molecular weight excluding hydrogens is 364 g/mol. The zero-order chi connectivity index (χ0) is 18.5. The normalized spacial score (nSPS) is 24.2. The lowest BCUT2D eigenvalue weighted by Crippen LogP contribution is -2.45. The minimum atomic E-state index is -0.453. The Balaban J connectivity index is 1.83. The second-order valence-electron chi connectivity index (χ2n) is 7.20. The number of benzene rings is 2. The van der Waals surface area contributed by atoms with Gasteiger partial charge in [-0.15, -0.1) is 0 Å². The number of ether oxygens (including phenoxy) is 1. The maximum absolute atomic E-state index is 12.9. The first kappa shape index (κ1) is 16.6. The van der Waals surface area contributed by atoms with Crippen LogP contribution in [-0.4, -0.2) is 11.9 Å². The first-order chi connectivity index (χ1) is 13.1. The highest BCUT2D eigenvalue weighted by Gasteiger charge is 2.47. The summed E-state index contributed by atoms with van der Waals surface area (Å²) in [6.45, 7) is 0. The first-order valence-corrected chi connectivity index (χ1v) is 9.52. The largest absolute Gasteiger partial charge is 0.488 e. The van der Waals surface area contributed by atoms with E-state index in [1.165, 1.54) is 0 Å². The van der Waals surface area contributed by atoms with E-state index in [4.69, 9.17) is 20.8 Å². The molecule has 1 fully saturated rings. The highest BCUT2D eigenvalue weighted by Crippen LogP contribution is 2.48. The molecule has 5 heteroatoms. The van der Waals surface area contributed by atoms with Gasteiger partial charge < -0.3 is 9.15 Å². The Morgan fingerprint density at radius 1 is 1.04 bits per heavy atom. The maximum Gasteiger partial charge on any atom is 0.343 e. The summed E-state index contributed by atoms with van der Waals surface area (Å²) in [6, 6.07) is 14.7. The molecule has 2 aliphatic rings. The molecule has 0 amide bonds. The fraction of sp³-hybridized carbons (Fsp3) is 0.273. The van der Waals surface area contributed by atoms with Gasteiger partial charge in [0.1, 0.15) is 23.2 Å². The summed E-state index contributed by atoms with van der Waals surface area (Å²) in [5, 5.41) is 1.33. The highest BCUT2D eigenvalue weighted by molar-refractivity contribution is 6.30. The number of para-hydroxylation sites is 1. The molecule has 1 aliphatic carbocycles. The van der Waals surface area contributed by atoms with Crippen LogP contribution in [0.3, 0.4) is 0 Å². The molecule has 0 saturated heterocycles. The van der Waals surface area contributed by atoms with Crippen LogP contribution in [0.15, 0.2) is 57.7 Å². The van der Waals surface area contributed by atoms with Crippen molar-refractivity contribution in [3.8, 4) is 5.75 Å². The van der Waals surface area contributed by atoms with Crippen molar-refractivity contribution in [2.24, 2.45) is 5.92 Å². The first-order valence-electron chi connectivity index (χ1n) is 9.14. The van der Waals surface area contributed by atoms with E-state index in [1.807, 2.05) is 36.4 Å². The summed E-state index contributed by atoms with van der Waals surface area (Å²) in [4.78, 5) is 25.8. The molecule has 0 bridgehead atoms. The van der Waals surface area contributed by atoms with Crippen LogP contribution in [0.5, 0.6) is 5.75 Å². The minimum absolute atomic E-state index is 0.134. The molecule has 0 radical (unpaired) electrons. The lowest BCUT2D eigenvalue weighted by Gasteiger charge is -2.41. The van der Waals surface area contributed by atoms with Gasteiger partial charge in [-0.1, -0.05) is 35.9 Å². The summed E-state index contributed by atoms with van der Waals surface area (Å²) in [5.74, 6) is -0.128. The van der Waals surface area contributed by atoms with E-state index >= 15 is 0 Å². The van der Waals surface area contributed by atoms with E-state index in [9.17, 15) is 9.59 Å². The molecule has 0 spiro atoms. The summed E-state index contributed by atoms with van der Waals surface area (Å²) in [7, 11) is 0. The molecule has 27 heavy (non-hydrogen) atoms. The number of Topliss-reactive ketones (excluding diaryl/α,β-unsaturated/α-hetero) is 1. The van der Waals surface area contributed by atoms with Crippen molar-refractivity contribution in [2.45, 2.75) is 31.3 Å². The van der Waals surface area contributed by atoms with Crippen LogP contribution in [0, 0.1) is 5.92 Å². The molecule has 2 aromatic carbocycles. The van der Waals surface area contributed by atoms with Gasteiger partial charge in [0.25, 0.3) is 0 Å². The van der Waals surface area contributed by atoms with Crippen molar-refractivity contribution in [1.82, 2.24) is 0 Å². The molecule has 2 heterocycles. The van der Waals surface area contributed by atoms with Gasteiger partial charge in [0.15, 0.2) is 0 Å². The Morgan fingerprint density at radius 2 is 1.89 bits per heavy atom. The van der Waals surface area contributed by atoms with Gasteiger partial charge in [-0.05, 0) is 42.7 Å². The van der Waals surface area contributed by atoms with E-state index in [2.05, 4.69) is 0 Å². The third kappa shape index (κ3) is 2.59. The molecule has 4 nitrogen and oxygen atoms in total. The molecule has 3 atom stereocenters. The quantitative estimate of drug-likeness (QED) is 0.574. The average molecular weight is 381 g/mol. The Kier molecular flexibility index (Phi) is 3.83. The van der Waals surface area contributed by atoms with Crippen LogP contribution in [0.4, 0.5) is 0 Å². The minimum Gasteiger partial charge on any atom is -0.488 e. The Hall–Kier alpha value is -2.59. The van der Waals surface area contributed by atoms with E-state index in [0.717, 1.165) is 23.8 Å². The smallest absolute Gasteiger partial charge is 0.343 e. The number of fused-ring (bicyclic) bond motifs is 4. The van der Waals surface area contributed by atoms with Crippen molar-refractivity contribution in [3.05, 3.63) is 75.1 Å². The van der Waals surface area contributed by atoms with E-state index in [1.54, 1.807) is 12.1 Å². The van der Waals surface area contributed by atoms with Gasteiger partial charge in [0.05, 0.1) is 16.9 Å². The van der Waals surface area contributed by atoms with Crippen LogP contribution >= 0.6 is 11.6 Å². The Morgan fingerprint density at radius 3 is 2.74 bits per heavy atom. The second kappa shape index (κ2) is 6.24. The lowest BCUT2D eigenvalue weighted by atomic mass is 9.69. The zero-order valence-corrected chi connectivity index (χ0v) is 15.2. The van der Waals surface area contributed by atoms with Crippen molar-refractivity contribution in [2.75, 3.05) is 0 Å². The molecule has 1 aliphatic heterocycles. The third-order valence-corrected chi connectivity index (χ3v) is 5.87. The van der Waals surface area contributed by atoms with E-state index < -0.39 is 17.5 Å². The zero-order valence-electron chi connectivity index (χ0n) is 14.5. The van der Waals surface area contributed by atoms with Gasteiger partial charge >= 0.3 is 5.63 Å². The number of rotatable bonds is 1. The maximum atomic E-state index is 12.9. The molecule has 136 valence electrons. The van der Waals surface area contributed by atoms with E-state index in [-0.39, 0.29) is 11.9 Å². The Bertz CT molecular complexity index is 1120. The molecule has 0 unspecified atom stereocenters. The third-order valence-electron chi connectivity index (χ3n) is 5.63. The van der Waals surface area contributed by atoms with Crippen molar-refractivity contribution < 1.29 is 13.9 Å². The number of carbonyl (C=O) groups is 1. The van der Waals surface area contributed by atoms with Crippen LogP contribution in [-0.2, 0) is 4.79 Å². The molecular formula is C22H17ClO4. The van der Waals surface area contributed by atoms with Crippen LogP contribution in [0.1, 0.15) is 36.3 Å². The van der Waals surface area contributed by atoms with Gasteiger partial charge in [0, 0.05) is 17.4 Å². The predicted octanol–water partition coefficient (Wildman–Crippen LogP) is 4.71. The van der Waals surface area contributed by atoms with Crippen LogP contribution in [0.2, 0.25) is 5.02 Å². The molecule has 1 aromatic heterocycles. The van der Waals surface area contributed by atoms with Gasteiger partial charge in [-0.2, -0.15) is 0 Å². The van der Waals surface area contributed by atoms with Gasteiger partial charge in [0.2, 0.25) is 0 Å². The number of halogens is 1. The molecule has 1 saturated carbocycles. The fourth-order valence-electron chi connectivity index (χ4n) is 4.50. The average Bonchev–Trinajstić information content (AvgIpc) is 2.67. The number of hydrogen-bond donors (Lipinski definition) is 0. The Labute approximate surface area is 160 Å². The molecule has 5 rings (SSSR count). The predicted molar refractivity (Wildman–Crippen MR) is 103 cm³/mol. The number of ketones is 1. The monoisotopic (exact) mass is 380 g/mol. The summed E-state index contributed by atoms with van der Waals surface area (Å²) >= 11 is 6.22. The SMILES string of the molecule is O=C1CCC[C@@H]2Oc3c(c(=O)oc4ccccc34)[C@@H](c3cccc(Cl)c3)[C@H]12. The standard InChI is InChI=1S/C22H17ClO4/c23-13-6-3-5-12(11-13)18-19-15(24)8-4-10-17(19)26-21-14-7-1-2-9-16(14)27-22(25)20(18)21/h1-3,5-7,9,11,17-19H,4,8,10H2/t17-,18-,19+/m0/s1. The summed E-state index contributed by atoms with van der Waals surface area (Å²) in [6.07, 6.45) is 1.86. The van der Waals surface area contributed by atoms with Gasteiger partial charge in [-0.25, -0.2) is 4.79 Å². The number of carbonyl (C=O) groups excluding carboxylic acids is 1. The summed E-state index contributed by atoms with van der Waals surface area (Å²) < 4.78 is 11.8. The molecule has 0 N–H and O–H groups in total.